The van der Waals surface area contributed by atoms with E-state index in [0.29, 0.717) is 40.2 Å². The summed E-state index contributed by atoms with van der Waals surface area (Å²) in [4.78, 5) is 31.3. The van der Waals surface area contributed by atoms with Gasteiger partial charge in [-0.2, -0.15) is 14.0 Å². The fraction of sp³-hybridized carbons (Fsp3) is 0.429. The average molecular weight is 560 g/mol. The highest BCUT2D eigenvalue weighted by molar-refractivity contribution is 7.10. The lowest BCUT2D eigenvalue weighted by molar-refractivity contribution is 0.0598. The average Bonchev–Trinajstić information content (AvgIpc) is 3.68. The van der Waals surface area contributed by atoms with Crippen molar-refractivity contribution in [3.8, 4) is 17.1 Å². The van der Waals surface area contributed by atoms with Crippen molar-refractivity contribution in [2.24, 2.45) is 0 Å². The van der Waals surface area contributed by atoms with Gasteiger partial charge in [0.1, 0.15) is 16.4 Å². The molecule has 0 aliphatic carbocycles. The second-order valence-electron chi connectivity index (χ2n) is 10.5. The molecular weight excluding hydrogens is 527 g/mol. The smallest absolute Gasteiger partial charge is 0.421 e. The van der Waals surface area contributed by atoms with E-state index in [-0.39, 0.29) is 18.4 Å². The first-order chi connectivity index (χ1) is 19.2. The van der Waals surface area contributed by atoms with Crippen molar-refractivity contribution in [3.63, 3.8) is 0 Å². The molecule has 0 N–H and O–H groups in total. The van der Waals surface area contributed by atoms with Crippen LogP contribution in [0.2, 0.25) is 12.6 Å². The molecule has 1 fully saturated rings. The maximum atomic E-state index is 13.6. The molecule has 0 saturated carbocycles. The lowest BCUT2D eigenvalue weighted by Gasteiger charge is -2.28. The van der Waals surface area contributed by atoms with Gasteiger partial charge >= 0.3 is 6.09 Å². The maximum absolute atomic E-state index is 13.6. The largest absolute Gasteiger partial charge is 0.461 e. The molecule has 1 atom stereocenters. The van der Waals surface area contributed by atoms with Gasteiger partial charge in [-0.15, -0.1) is 0 Å². The normalized spacial score (nSPS) is 15.2. The minimum Gasteiger partial charge on any atom is -0.461 e. The fourth-order valence-electron chi connectivity index (χ4n) is 4.73. The van der Waals surface area contributed by atoms with Crippen LogP contribution in [-0.4, -0.2) is 43.7 Å². The molecule has 10 nitrogen and oxygen atoms in total. The van der Waals surface area contributed by atoms with Crippen LogP contribution in [0.25, 0.3) is 16.8 Å². The Morgan fingerprint density at radius 1 is 1.32 bits per heavy atom. The second kappa shape index (κ2) is 12.0. The number of ether oxygens (including phenoxy) is 1. The Bertz CT molecular complexity index is 1550. The number of rotatable bonds is 5. The number of aldehydes is 1. The van der Waals surface area contributed by atoms with Crippen molar-refractivity contribution in [2.75, 3.05) is 4.90 Å². The molecule has 208 valence electrons. The Morgan fingerprint density at radius 2 is 2.10 bits per heavy atom. The summed E-state index contributed by atoms with van der Waals surface area (Å²) in [7, 11) is 0. The molecule has 0 radical (unpaired) electrons. The minimum atomic E-state index is -0.731. The number of aromatic nitrogens is 4. The molecule has 1 saturated heterocycles. The van der Waals surface area contributed by atoms with E-state index in [0.717, 1.165) is 30.5 Å². The van der Waals surface area contributed by atoms with Gasteiger partial charge in [0.05, 0.1) is 18.2 Å². The van der Waals surface area contributed by atoms with Crippen molar-refractivity contribution in [3.05, 3.63) is 47.8 Å². The predicted molar refractivity (Wildman–Crippen MR) is 156 cm³/mol. The molecule has 1 amide bonds. The molecule has 0 spiro atoms. The number of hydrogen-bond acceptors (Lipinski definition) is 9. The van der Waals surface area contributed by atoms with Gasteiger partial charge in [-0.05, 0) is 63.7 Å². The highest BCUT2D eigenvalue weighted by Crippen LogP contribution is 2.39. The zero-order valence-electron chi connectivity index (χ0n) is 23.7. The number of anilines is 2. The van der Waals surface area contributed by atoms with Crippen LogP contribution in [0.5, 0.6) is 0 Å². The van der Waals surface area contributed by atoms with Gasteiger partial charge in [0.15, 0.2) is 17.7 Å². The van der Waals surface area contributed by atoms with Crippen LogP contribution in [0.1, 0.15) is 75.3 Å². The summed E-state index contributed by atoms with van der Waals surface area (Å²) in [6.07, 6.45) is 6.56. The lowest BCUT2D eigenvalue weighted by atomic mass is 9.41. The molecule has 1 aliphatic rings. The number of aryl methyl sites for hydroxylation is 1. The summed E-state index contributed by atoms with van der Waals surface area (Å²) in [6.45, 7) is 11.3. The molecule has 12 heteroatoms. The van der Waals surface area contributed by atoms with Gasteiger partial charge < -0.3 is 9.15 Å². The summed E-state index contributed by atoms with van der Waals surface area (Å²) in [5.74, 6) is 3.09. The monoisotopic (exact) mass is 560 g/mol. The third-order valence-corrected chi connectivity index (χ3v) is 7.30. The Kier molecular flexibility index (Phi) is 8.74. The van der Waals surface area contributed by atoms with Crippen molar-refractivity contribution >= 4 is 47.1 Å². The third kappa shape index (κ3) is 6.10. The zero-order valence-corrected chi connectivity index (χ0v) is 24.5. The standard InChI is InChI=1S/C26H27BN6O4S.C2H6/c1-16-8-23(38-31-16)32(25(35)37-26(2,3)4)22-10-21(17-6-5-7-27(11-17)15-28)30-24-20(12-29-33(22)24)18-9-19(13-34)36-14-18;1-2/h8-10,12-14,17H,5-7,11H2,1-4H3;1-2H3. The van der Waals surface area contributed by atoms with Crippen LogP contribution in [0.3, 0.4) is 0 Å². The second-order valence-corrected chi connectivity index (χ2v) is 11.3. The van der Waals surface area contributed by atoms with Crippen LogP contribution < -0.4 is 4.90 Å². The third-order valence-electron chi connectivity index (χ3n) is 6.44. The first kappa shape index (κ1) is 29.0. The van der Waals surface area contributed by atoms with Gasteiger partial charge in [-0.1, -0.05) is 32.9 Å². The molecule has 0 bridgehead atoms. The van der Waals surface area contributed by atoms with Gasteiger partial charge in [0.25, 0.3) is 6.71 Å². The molecule has 4 aromatic heterocycles. The summed E-state index contributed by atoms with van der Waals surface area (Å²) < 4.78 is 17.1. The van der Waals surface area contributed by atoms with Gasteiger partial charge in [0.2, 0.25) is 0 Å². The first-order valence-corrected chi connectivity index (χ1v) is 14.2. The number of amides is 1. The van der Waals surface area contributed by atoms with Crippen LogP contribution in [0, 0.1) is 18.2 Å². The van der Waals surface area contributed by atoms with Crippen molar-refractivity contribution in [1.29, 1.82) is 5.26 Å². The summed E-state index contributed by atoms with van der Waals surface area (Å²) in [5, 5.41) is 14.8. The highest BCUT2D eigenvalue weighted by Gasteiger charge is 2.33. The lowest BCUT2D eigenvalue weighted by Crippen LogP contribution is -2.34. The predicted octanol–water partition coefficient (Wildman–Crippen LogP) is 7.10. The number of carbonyl (C=O) groups is 2. The number of carbonyl (C=O) groups excluding carboxylic acids is 2. The maximum Gasteiger partial charge on any atom is 0.421 e. The number of furan rings is 1. The van der Waals surface area contributed by atoms with E-state index in [1.165, 1.54) is 22.7 Å². The van der Waals surface area contributed by atoms with E-state index in [1.54, 1.807) is 16.8 Å². The summed E-state index contributed by atoms with van der Waals surface area (Å²) in [6, 6.07) is 5.31. The molecule has 5 rings (SSSR count). The molecule has 0 aromatic carbocycles. The Hall–Kier alpha value is -3.98. The Labute approximate surface area is 238 Å². The van der Waals surface area contributed by atoms with E-state index in [4.69, 9.17) is 14.1 Å². The topological polar surface area (TPSA) is 127 Å². The molecule has 1 unspecified atom stereocenters. The Balaban J connectivity index is 0.00000181. The SMILES string of the molecule is CC.Cc1cc(N(C(=O)OC(C)(C)C)c2cc(C3CCCB(C#N)C3)nc3c(-c4coc(C=O)c4)cnn23)sn1. The molecule has 1 aliphatic heterocycles. The Morgan fingerprint density at radius 3 is 2.73 bits per heavy atom. The van der Waals surface area contributed by atoms with E-state index >= 15 is 0 Å². The highest BCUT2D eigenvalue weighted by atomic mass is 32.1. The van der Waals surface area contributed by atoms with Crippen LogP contribution in [0.15, 0.2) is 35.1 Å². The number of nitrogens with zero attached hydrogens (tertiary/aromatic N) is 6. The van der Waals surface area contributed by atoms with Gasteiger partial charge in [-0.25, -0.2) is 19.9 Å². The fourth-order valence-corrected chi connectivity index (χ4v) is 5.49. The minimum absolute atomic E-state index is 0.0402. The van der Waals surface area contributed by atoms with E-state index in [9.17, 15) is 14.9 Å². The number of nitriles is 1. The van der Waals surface area contributed by atoms with Crippen molar-refractivity contribution < 1.29 is 18.7 Å². The molecule has 4 aromatic rings. The number of fused-ring (bicyclic) bond motifs is 1. The van der Waals surface area contributed by atoms with Crippen LogP contribution in [0.4, 0.5) is 15.6 Å². The zero-order chi connectivity index (χ0) is 29.0. The first-order valence-electron chi connectivity index (χ1n) is 13.5. The van der Waals surface area contributed by atoms with Gasteiger partial charge in [0, 0.05) is 28.9 Å². The van der Waals surface area contributed by atoms with Crippen LogP contribution in [-0.2, 0) is 4.74 Å². The van der Waals surface area contributed by atoms with Crippen molar-refractivity contribution in [1.82, 2.24) is 19.0 Å². The molecule has 40 heavy (non-hydrogen) atoms. The summed E-state index contributed by atoms with van der Waals surface area (Å²) in [5.41, 5.74) is 2.61. The van der Waals surface area contributed by atoms with E-state index in [2.05, 4.69) is 15.4 Å². The summed E-state index contributed by atoms with van der Waals surface area (Å²) >= 11 is 1.19. The van der Waals surface area contributed by atoms with E-state index in [1.807, 2.05) is 53.7 Å². The molecule has 5 heterocycles. The quantitative estimate of drug-likeness (QED) is 0.187. The molecular formula is C28H33BN6O4S. The van der Waals surface area contributed by atoms with Gasteiger partial charge in [-0.3, -0.25) is 4.79 Å². The van der Waals surface area contributed by atoms with Crippen molar-refractivity contribution in [2.45, 2.75) is 78.5 Å². The van der Waals surface area contributed by atoms with Crippen LogP contribution >= 0.6 is 11.5 Å². The van der Waals surface area contributed by atoms with E-state index < -0.39 is 11.7 Å². The number of hydrogen-bond donors (Lipinski definition) is 0.